The maximum atomic E-state index is 12.3. The summed E-state index contributed by atoms with van der Waals surface area (Å²) in [6.45, 7) is 6.85. The highest BCUT2D eigenvalue weighted by atomic mass is 32.2. The summed E-state index contributed by atoms with van der Waals surface area (Å²) in [5, 5.41) is 4.36. The second kappa shape index (κ2) is 6.79. The van der Waals surface area contributed by atoms with Crippen LogP contribution in [0.4, 0.5) is 0 Å². The number of nitrogens with one attached hydrogen (secondary N) is 1. The Morgan fingerprint density at radius 3 is 2.71 bits per heavy atom. The van der Waals surface area contributed by atoms with Gasteiger partial charge in [-0.1, -0.05) is 6.92 Å². The Balaban J connectivity index is 2.16. The van der Waals surface area contributed by atoms with Gasteiger partial charge in [0.05, 0.1) is 12.1 Å². The molecule has 1 aliphatic rings. The summed E-state index contributed by atoms with van der Waals surface area (Å²) in [6.07, 6.45) is 2.17. The molecule has 0 radical (unpaired) electrons. The van der Waals surface area contributed by atoms with E-state index in [1.807, 2.05) is 13.8 Å². The number of carbonyl (C=O) groups is 1. The molecule has 1 aromatic rings. The number of nitrogens with zero attached hydrogens (tertiary/aromatic N) is 1. The molecule has 1 N–H and O–H groups in total. The van der Waals surface area contributed by atoms with E-state index >= 15 is 0 Å². The Bertz CT molecular complexity index is 497. The number of methoxy groups -OCH3 is 1. The number of hydrogen-bond donors (Lipinski definition) is 1. The highest BCUT2D eigenvalue weighted by Gasteiger charge is 2.51. The lowest BCUT2D eigenvalue weighted by Crippen LogP contribution is -2.56. The average molecular weight is 308 g/mol. The van der Waals surface area contributed by atoms with Gasteiger partial charge in [0.1, 0.15) is 5.54 Å². The summed E-state index contributed by atoms with van der Waals surface area (Å²) in [7, 11) is 1.47. The van der Waals surface area contributed by atoms with Crippen molar-refractivity contribution in [3.05, 3.63) is 23.4 Å². The number of aromatic nitrogens is 1. The van der Waals surface area contributed by atoms with Crippen molar-refractivity contribution in [3.63, 3.8) is 0 Å². The zero-order valence-corrected chi connectivity index (χ0v) is 14.0. The Morgan fingerprint density at radius 2 is 2.19 bits per heavy atom. The van der Waals surface area contributed by atoms with E-state index in [1.54, 1.807) is 11.8 Å². The van der Waals surface area contributed by atoms with Crippen molar-refractivity contribution in [1.82, 2.24) is 10.3 Å². The lowest BCUT2D eigenvalue weighted by molar-refractivity contribution is -0.148. The summed E-state index contributed by atoms with van der Waals surface area (Å²) in [4.78, 5) is 16.9. The van der Waals surface area contributed by atoms with Crippen molar-refractivity contribution in [2.75, 3.05) is 19.4 Å². The Kier molecular flexibility index (Phi) is 5.27. The van der Waals surface area contributed by atoms with Crippen molar-refractivity contribution in [2.45, 2.75) is 44.2 Å². The summed E-state index contributed by atoms with van der Waals surface area (Å²) < 4.78 is 5.07. The number of rotatable bonds is 7. The molecule has 0 spiro atoms. The zero-order valence-electron chi connectivity index (χ0n) is 13.2. The third-order valence-electron chi connectivity index (χ3n) is 3.84. The number of thioether (sulfide) groups is 1. The first-order valence-electron chi connectivity index (χ1n) is 7.43. The second-order valence-electron chi connectivity index (χ2n) is 5.68. The maximum absolute atomic E-state index is 12.3. The lowest BCUT2D eigenvalue weighted by atomic mass is 9.95. The Labute approximate surface area is 131 Å². The number of hydrogen-bond acceptors (Lipinski definition) is 5. The van der Waals surface area contributed by atoms with Gasteiger partial charge in [0.15, 0.2) is 0 Å². The van der Waals surface area contributed by atoms with Gasteiger partial charge in [-0.2, -0.15) is 0 Å². The van der Waals surface area contributed by atoms with Crippen LogP contribution in [0.15, 0.2) is 17.2 Å². The minimum Gasteiger partial charge on any atom is -0.468 e. The average Bonchev–Trinajstić information content (AvgIpc) is 3.26. The SMILES string of the molecule is CCNC(CSc1cc(C)cc(C)n1)(C(=O)OC)C1CC1. The third kappa shape index (κ3) is 3.77. The van der Waals surface area contributed by atoms with Gasteiger partial charge in [-0.05, 0) is 56.8 Å². The molecule has 116 valence electrons. The fraction of sp³-hybridized carbons (Fsp3) is 0.625. The Hall–Kier alpha value is -1.07. The molecule has 0 saturated heterocycles. The van der Waals surface area contributed by atoms with Crippen molar-refractivity contribution < 1.29 is 9.53 Å². The molecule has 0 aliphatic heterocycles. The fourth-order valence-electron chi connectivity index (χ4n) is 2.75. The summed E-state index contributed by atoms with van der Waals surface area (Å²) in [5.41, 5.74) is 1.63. The summed E-state index contributed by atoms with van der Waals surface area (Å²) >= 11 is 1.63. The number of carbonyl (C=O) groups excluding carboxylic acids is 1. The molecule has 2 rings (SSSR count). The van der Waals surface area contributed by atoms with Crippen LogP contribution in [-0.4, -0.2) is 35.9 Å². The molecule has 0 bridgehead atoms. The van der Waals surface area contributed by atoms with Crippen LogP contribution < -0.4 is 5.32 Å². The van der Waals surface area contributed by atoms with Gasteiger partial charge >= 0.3 is 5.97 Å². The van der Waals surface area contributed by atoms with Crippen molar-refractivity contribution in [3.8, 4) is 0 Å². The van der Waals surface area contributed by atoms with Crippen LogP contribution in [0, 0.1) is 19.8 Å². The van der Waals surface area contributed by atoms with Crippen LogP contribution in [0.3, 0.4) is 0 Å². The minimum atomic E-state index is -0.576. The van der Waals surface area contributed by atoms with Gasteiger partial charge in [0.25, 0.3) is 0 Å². The van der Waals surface area contributed by atoms with E-state index in [9.17, 15) is 4.79 Å². The van der Waals surface area contributed by atoms with Crippen molar-refractivity contribution in [2.24, 2.45) is 5.92 Å². The van der Waals surface area contributed by atoms with Crippen LogP contribution in [0.5, 0.6) is 0 Å². The predicted octanol–water partition coefficient (Wildman–Crippen LogP) is 2.72. The monoisotopic (exact) mass is 308 g/mol. The van der Waals surface area contributed by atoms with E-state index in [1.165, 1.54) is 12.7 Å². The first kappa shape index (κ1) is 16.3. The van der Waals surface area contributed by atoms with E-state index in [0.29, 0.717) is 11.7 Å². The molecule has 21 heavy (non-hydrogen) atoms. The molecule has 1 aromatic heterocycles. The standard InChI is InChI=1S/C16H24N2O2S/c1-5-17-16(13-6-7-13,15(19)20-4)10-21-14-9-11(2)8-12(3)18-14/h8-9,13,17H,5-7,10H2,1-4H3. The highest BCUT2D eigenvalue weighted by Crippen LogP contribution is 2.43. The number of aryl methyl sites for hydroxylation is 2. The quantitative estimate of drug-likeness (QED) is 0.620. The van der Waals surface area contributed by atoms with Gasteiger partial charge in [0, 0.05) is 11.4 Å². The molecule has 0 aromatic carbocycles. The molecular weight excluding hydrogens is 284 g/mol. The Morgan fingerprint density at radius 1 is 1.48 bits per heavy atom. The van der Waals surface area contributed by atoms with Gasteiger partial charge in [0.2, 0.25) is 0 Å². The molecular formula is C16H24N2O2S. The summed E-state index contributed by atoms with van der Waals surface area (Å²) in [6, 6.07) is 4.13. The molecule has 1 atom stereocenters. The molecule has 0 amide bonds. The first-order valence-corrected chi connectivity index (χ1v) is 8.42. The molecule has 4 nitrogen and oxygen atoms in total. The van der Waals surface area contributed by atoms with E-state index in [4.69, 9.17) is 4.74 Å². The number of likely N-dealkylation sites (N-methyl/N-ethyl adjacent to an activating group) is 1. The molecule has 1 saturated carbocycles. The predicted molar refractivity (Wildman–Crippen MR) is 85.6 cm³/mol. The molecule has 1 fully saturated rings. The van der Waals surface area contributed by atoms with Gasteiger partial charge in [-0.25, -0.2) is 4.98 Å². The van der Waals surface area contributed by atoms with E-state index in [0.717, 1.165) is 30.1 Å². The maximum Gasteiger partial charge on any atom is 0.327 e. The van der Waals surface area contributed by atoms with Crippen LogP contribution >= 0.6 is 11.8 Å². The van der Waals surface area contributed by atoms with Crippen molar-refractivity contribution in [1.29, 1.82) is 0 Å². The van der Waals surface area contributed by atoms with Crippen LogP contribution in [0.25, 0.3) is 0 Å². The molecule has 1 aliphatic carbocycles. The molecule has 5 heteroatoms. The normalized spacial score (nSPS) is 17.3. The largest absolute Gasteiger partial charge is 0.468 e. The number of pyridine rings is 1. The van der Waals surface area contributed by atoms with E-state index < -0.39 is 5.54 Å². The topological polar surface area (TPSA) is 51.2 Å². The molecule has 1 heterocycles. The van der Waals surface area contributed by atoms with E-state index in [-0.39, 0.29) is 5.97 Å². The summed E-state index contributed by atoms with van der Waals surface area (Å²) in [5.74, 6) is 0.890. The van der Waals surface area contributed by atoms with Crippen molar-refractivity contribution >= 4 is 17.7 Å². The molecule has 1 unspecified atom stereocenters. The zero-order chi connectivity index (χ0) is 15.5. The van der Waals surface area contributed by atoms with Crippen LogP contribution in [-0.2, 0) is 9.53 Å². The van der Waals surface area contributed by atoms with E-state index in [2.05, 4.69) is 29.4 Å². The van der Waals surface area contributed by atoms with Gasteiger partial charge in [-0.3, -0.25) is 4.79 Å². The van der Waals surface area contributed by atoms with Crippen LogP contribution in [0.1, 0.15) is 31.0 Å². The smallest absolute Gasteiger partial charge is 0.327 e. The van der Waals surface area contributed by atoms with Gasteiger partial charge < -0.3 is 10.1 Å². The third-order valence-corrected chi connectivity index (χ3v) is 4.94. The minimum absolute atomic E-state index is 0.149. The first-order chi connectivity index (χ1) is 10.0. The second-order valence-corrected chi connectivity index (χ2v) is 6.68. The lowest BCUT2D eigenvalue weighted by Gasteiger charge is -2.31. The number of esters is 1. The number of ether oxygens (including phenoxy) is 1. The van der Waals surface area contributed by atoms with Crippen LogP contribution in [0.2, 0.25) is 0 Å². The fourth-order valence-corrected chi connectivity index (χ4v) is 4.06. The van der Waals surface area contributed by atoms with Gasteiger partial charge in [-0.15, -0.1) is 11.8 Å². The highest BCUT2D eigenvalue weighted by molar-refractivity contribution is 7.99.